The monoisotopic (exact) mass is 530 g/mol. The number of esters is 2. The van der Waals surface area contributed by atoms with Crippen molar-refractivity contribution in [2.24, 2.45) is 16.7 Å². The van der Waals surface area contributed by atoms with E-state index in [1.165, 1.54) is 70.5 Å². The first-order chi connectivity index (χ1) is 14.2. The van der Waals surface area contributed by atoms with Gasteiger partial charge < -0.3 is 0 Å². The number of hydrogen-bond acceptors (Lipinski definition) is 4. The molecule has 1 aliphatic rings. The molecule has 0 saturated heterocycles. The molecule has 0 radical (unpaired) electrons. The Morgan fingerprint density at radius 3 is 1.73 bits per heavy atom. The van der Waals surface area contributed by atoms with E-state index in [9.17, 15) is 9.59 Å². The zero-order valence-corrected chi connectivity index (χ0v) is 23.3. The number of methoxy groups -OCH3 is 2. The maximum atomic E-state index is 12.8. The SMILES string of the molecule is C=C[C@H]1CC(C(=O)OC)(C(=O)OC)C[C@]1(C)[CH2][Sn]([CH2]CCC)([CH2]CCC)[CH2]CCC. The average molecular weight is 529 g/mol. The van der Waals surface area contributed by atoms with Crippen molar-refractivity contribution in [1.29, 1.82) is 0 Å². The van der Waals surface area contributed by atoms with Crippen LogP contribution in [0.3, 0.4) is 0 Å². The van der Waals surface area contributed by atoms with E-state index in [0.717, 1.165) is 0 Å². The van der Waals surface area contributed by atoms with Gasteiger partial charge in [0, 0.05) is 0 Å². The van der Waals surface area contributed by atoms with Crippen molar-refractivity contribution in [1.82, 2.24) is 0 Å². The maximum absolute atomic E-state index is 12.8. The molecule has 1 fully saturated rings. The van der Waals surface area contributed by atoms with Crippen LogP contribution in [0.2, 0.25) is 17.7 Å². The van der Waals surface area contributed by atoms with Gasteiger partial charge in [-0.25, -0.2) is 0 Å². The van der Waals surface area contributed by atoms with Crippen LogP contribution in [0.5, 0.6) is 0 Å². The number of unbranched alkanes of at least 4 members (excludes halogenated alkanes) is 3. The van der Waals surface area contributed by atoms with Crippen molar-refractivity contribution in [2.45, 2.75) is 96.8 Å². The summed E-state index contributed by atoms with van der Waals surface area (Å²) in [4.78, 5) is 25.7. The first kappa shape index (κ1) is 27.5. The van der Waals surface area contributed by atoms with Crippen LogP contribution in [0, 0.1) is 16.7 Å². The Bertz CT molecular complexity index is 536. The molecule has 0 aromatic rings. The van der Waals surface area contributed by atoms with Gasteiger partial charge in [0.15, 0.2) is 0 Å². The zero-order chi connectivity index (χ0) is 22.8. The van der Waals surface area contributed by atoms with E-state index in [0.29, 0.717) is 12.8 Å². The van der Waals surface area contributed by atoms with Gasteiger partial charge in [-0.3, -0.25) is 0 Å². The van der Waals surface area contributed by atoms with Gasteiger partial charge in [-0.2, -0.15) is 0 Å². The molecule has 0 aromatic carbocycles. The van der Waals surface area contributed by atoms with Crippen molar-refractivity contribution < 1.29 is 19.1 Å². The fourth-order valence-corrected chi connectivity index (χ4v) is 25.1. The molecule has 4 nitrogen and oxygen atoms in total. The summed E-state index contributed by atoms with van der Waals surface area (Å²) in [5.41, 5.74) is -1.27. The average Bonchev–Trinajstić information content (AvgIpc) is 3.06. The third-order valence-electron chi connectivity index (χ3n) is 7.57. The third-order valence-corrected chi connectivity index (χ3v) is 24.1. The number of allylic oxidation sites excluding steroid dienone is 1. The zero-order valence-electron chi connectivity index (χ0n) is 20.5. The Morgan fingerprint density at radius 1 is 0.967 bits per heavy atom. The third kappa shape index (κ3) is 6.26. The Morgan fingerprint density at radius 2 is 1.40 bits per heavy atom. The molecule has 0 unspecified atom stereocenters. The van der Waals surface area contributed by atoms with Crippen LogP contribution < -0.4 is 0 Å². The van der Waals surface area contributed by atoms with Crippen molar-refractivity contribution in [3.8, 4) is 0 Å². The summed E-state index contributed by atoms with van der Waals surface area (Å²) in [5.74, 6) is -0.751. The summed E-state index contributed by atoms with van der Waals surface area (Å²) >= 11 is -2.48. The molecule has 1 aliphatic carbocycles. The van der Waals surface area contributed by atoms with Crippen LogP contribution in [0.4, 0.5) is 0 Å². The number of hydrogen-bond donors (Lipinski definition) is 0. The molecule has 0 heterocycles. The van der Waals surface area contributed by atoms with Gasteiger partial charge in [-0.15, -0.1) is 0 Å². The molecule has 0 N–H and O–H groups in total. The van der Waals surface area contributed by atoms with Crippen molar-refractivity contribution in [3.05, 3.63) is 12.7 Å². The van der Waals surface area contributed by atoms with Crippen LogP contribution >= 0.6 is 0 Å². The Kier molecular flexibility index (Phi) is 11.5. The molecule has 30 heavy (non-hydrogen) atoms. The van der Waals surface area contributed by atoms with Gasteiger partial charge in [0.1, 0.15) is 0 Å². The van der Waals surface area contributed by atoms with E-state index in [1.807, 2.05) is 6.08 Å². The van der Waals surface area contributed by atoms with Gasteiger partial charge in [0.05, 0.1) is 0 Å². The van der Waals surface area contributed by atoms with E-state index in [2.05, 4.69) is 34.3 Å². The summed E-state index contributed by atoms with van der Waals surface area (Å²) in [6.45, 7) is 13.3. The van der Waals surface area contributed by atoms with Gasteiger partial charge in [0.25, 0.3) is 0 Å². The van der Waals surface area contributed by atoms with Crippen molar-refractivity contribution >= 4 is 30.3 Å². The van der Waals surface area contributed by atoms with Crippen LogP contribution in [0.25, 0.3) is 0 Å². The summed E-state index contributed by atoms with van der Waals surface area (Å²) in [6.07, 6.45) is 10.7. The Hall–Kier alpha value is -0.521. The van der Waals surface area contributed by atoms with Gasteiger partial charge >= 0.3 is 190 Å². The molecular weight excluding hydrogens is 483 g/mol. The van der Waals surface area contributed by atoms with E-state index >= 15 is 0 Å². The van der Waals surface area contributed by atoms with Crippen LogP contribution in [-0.4, -0.2) is 44.5 Å². The van der Waals surface area contributed by atoms with Gasteiger partial charge in [-0.1, -0.05) is 0 Å². The second kappa shape index (κ2) is 12.5. The molecule has 2 atom stereocenters. The molecule has 1 rings (SSSR count). The molecule has 1 saturated carbocycles. The minimum absolute atomic E-state index is 0.0879. The first-order valence-corrected chi connectivity index (χ1v) is 20.1. The van der Waals surface area contributed by atoms with E-state index < -0.39 is 35.7 Å². The second-order valence-corrected chi connectivity index (χ2v) is 23.8. The molecule has 174 valence electrons. The molecule has 0 bridgehead atoms. The van der Waals surface area contributed by atoms with Crippen LogP contribution in [0.1, 0.15) is 79.1 Å². The molecule has 0 spiro atoms. The van der Waals surface area contributed by atoms with E-state index in [-0.39, 0.29) is 11.3 Å². The Labute approximate surface area is 189 Å². The Balaban J connectivity index is 3.36. The summed E-state index contributed by atoms with van der Waals surface area (Å²) in [7, 11) is 2.75. The topological polar surface area (TPSA) is 52.6 Å². The first-order valence-electron chi connectivity index (χ1n) is 12.0. The van der Waals surface area contributed by atoms with Crippen molar-refractivity contribution in [3.63, 3.8) is 0 Å². The quantitative estimate of drug-likeness (QED) is 0.108. The summed E-state index contributed by atoms with van der Waals surface area (Å²) in [6, 6.07) is 0. The van der Waals surface area contributed by atoms with Gasteiger partial charge in [0.2, 0.25) is 0 Å². The summed E-state index contributed by atoms with van der Waals surface area (Å²) < 4.78 is 15.7. The standard InChI is InChI=1S/C13H19O4.3C4H9.Sn/c1-6-9-7-13(10(14)16-4,11(15)17-5)8-12(9,2)3;3*1-3-4-2;/h6,9H,1-2,7-8H2,3-5H3;3*1,3-4H2,2H3;/t9-,12+;;;;/m0..../s1. The molecule has 5 heteroatoms. The van der Waals surface area contributed by atoms with Crippen LogP contribution in [0.15, 0.2) is 12.7 Å². The van der Waals surface area contributed by atoms with E-state index in [4.69, 9.17) is 9.47 Å². The fraction of sp³-hybridized carbons (Fsp3) is 0.840. The minimum atomic E-state index is -2.48. The molecule has 0 aromatic heterocycles. The molecular formula is C25H46O4Sn. The number of ether oxygens (including phenoxy) is 2. The van der Waals surface area contributed by atoms with Crippen molar-refractivity contribution in [2.75, 3.05) is 14.2 Å². The van der Waals surface area contributed by atoms with Crippen LogP contribution in [-0.2, 0) is 19.1 Å². The van der Waals surface area contributed by atoms with E-state index in [1.54, 1.807) is 0 Å². The molecule has 0 aliphatic heterocycles. The predicted octanol–water partition coefficient (Wildman–Crippen LogP) is 6.77. The predicted molar refractivity (Wildman–Crippen MR) is 127 cm³/mol. The normalized spacial score (nSPS) is 23.2. The summed E-state index contributed by atoms with van der Waals surface area (Å²) in [5, 5.41) is 0. The number of carbonyl (C=O) groups excluding carboxylic acids is 2. The molecule has 0 amide bonds. The number of rotatable bonds is 14. The second-order valence-electron chi connectivity index (χ2n) is 9.93. The fourth-order valence-electron chi connectivity index (χ4n) is 6.01. The van der Waals surface area contributed by atoms with Gasteiger partial charge in [-0.05, 0) is 0 Å². The number of carbonyl (C=O) groups is 2.